The molecule has 0 aliphatic rings. The fraction of sp³-hybridized carbons (Fsp3) is 0.222. The molecule has 0 aliphatic carbocycles. The standard InChI is InChI=1S/C18H18ClFN2O5S/c1-11(23)21-16(12-3-6-14(27-2)7-4-12)10-18(24)22-28(25,26)17-8-5-13(19)9-15(17)20/h3-9,16H,10H2,1-2H3,(H,21,23)(H,22,24). The van der Waals surface area contributed by atoms with E-state index in [2.05, 4.69) is 5.32 Å². The van der Waals surface area contributed by atoms with Gasteiger partial charge in [-0.15, -0.1) is 0 Å². The molecule has 0 heterocycles. The van der Waals surface area contributed by atoms with Gasteiger partial charge in [0.05, 0.1) is 19.6 Å². The Morgan fingerprint density at radius 3 is 2.36 bits per heavy atom. The maximum atomic E-state index is 13.9. The van der Waals surface area contributed by atoms with Crippen LogP contribution in [0.25, 0.3) is 0 Å². The molecular weight excluding hydrogens is 411 g/mol. The lowest BCUT2D eigenvalue weighted by molar-refractivity contribution is -0.121. The highest BCUT2D eigenvalue weighted by Gasteiger charge is 2.24. The molecular formula is C18H18ClFN2O5S. The van der Waals surface area contributed by atoms with E-state index in [1.165, 1.54) is 20.1 Å². The zero-order chi connectivity index (χ0) is 20.9. The van der Waals surface area contributed by atoms with E-state index in [1.807, 2.05) is 0 Å². The molecule has 0 spiro atoms. The van der Waals surface area contributed by atoms with Gasteiger partial charge in [0.25, 0.3) is 10.0 Å². The quantitative estimate of drug-likeness (QED) is 0.705. The minimum absolute atomic E-state index is 0.0213. The highest BCUT2D eigenvalue weighted by atomic mass is 35.5. The van der Waals surface area contributed by atoms with Gasteiger partial charge in [0.15, 0.2) is 0 Å². The van der Waals surface area contributed by atoms with Crippen LogP contribution in [-0.4, -0.2) is 27.3 Å². The highest BCUT2D eigenvalue weighted by Crippen LogP contribution is 2.22. The number of hydrogen-bond acceptors (Lipinski definition) is 5. The van der Waals surface area contributed by atoms with E-state index in [9.17, 15) is 22.4 Å². The second kappa shape index (κ2) is 9.03. The zero-order valence-corrected chi connectivity index (χ0v) is 16.6. The summed E-state index contributed by atoms with van der Waals surface area (Å²) in [6.45, 7) is 1.27. The maximum absolute atomic E-state index is 13.9. The van der Waals surface area contributed by atoms with Crippen molar-refractivity contribution in [3.63, 3.8) is 0 Å². The predicted octanol–water partition coefficient (Wildman–Crippen LogP) is 2.56. The molecule has 150 valence electrons. The molecule has 2 aromatic carbocycles. The first kappa shape index (κ1) is 21.6. The van der Waals surface area contributed by atoms with Crippen molar-refractivity contribution in [2.45, 2.75) is 24.3 Å². The molecule has 0 aliphatic heterocycles. The van der Waals surface area contributed by atoms with Crippen molar-refractivity contribution < 1.29 is 27.1 Å². The van der Waals surface area contributed by atoms with Crippen LogP contribution in [-0.2, 0) is 19.6 Å². The minimum Gasteiger partial charge on any atom is -0.497 e. The third-order valence-electron chi connectivity index (χ3n) is 3.72. The number of carbonyl (C=O) groups is 2. The van der Waals surface area contributed by atoms with E-state index in [0.717, 1.165) is 12.1 Å². The summed E-state index contributed by atoms with van der Waals surface area (Å²) in [6.07, 6.45) is -0.375. The van der Waals surface area contributed by atoms with Gasteiger partial charge in [-0.05, 0) is 35.9 Å². The minimum atomic E-state index is -4.44. The number of rotatable bonds is 7. The van der Waals surface area contributed by atoms with Gasteiger partial charge >= 0.3 is 0 Å². The molecule has 10 heteroatoms. The smallest absolute Gasteiger partial charge is 0.266 e. The monoisotopic (exact) mass is 428 g/mol. The molecule has 2 aromatic rings. The van der Waals surface area contributed by atoms with Gasteiger partial charge in [0, 0.05) is 11.9 Å². The van der Waals surface area contributed by atoms with Crippen LogP contribution in [0.1, 0.15) is 24.9 Å². The Morgan fingerprint density at radius 1 is 1.18 bits per heavy atom. The second-order valence-electron chi connectivity index (χ2n) is 5.83. The van der Waals surface area contributed by atoms with Crippen molar-refractivity contribution in [1.82, 2.24) is 10.0 Å². The summed E-state index contributed by atoms with van der Waals surface area (Å²) in [6, 6.07) is 8.76. The lowest BCUT2D eigenvalue weighted by Gasteiger charge is -2.18. The number of carbonyl (C=O) groups excluding carboxylic acids is 2. The van der Waals surface area contributed by atoms with Crippen molar-refractivity contribution in [2.75, 3.05) is 7.11 Å². The highest BCUT2D eigenvalue weighted by molar-refractivity contribution is 7.90. The first-order valence-electron chi connectivity index (χ1n) is 8.04. The number of hydrogen-bond donors (Lipinski definition) is 2. The molecule has 28 heavy (non-hydrogen) atoms. The van der Waals surface area contributed by atoms with Gasteiger partial charge in [-0.25, -0.2) is 17.5 Å². The van der Waals surface area contributed by atoms with E-state index in [1.54, 1.807) is 29.0 Å². The first-order chi connectivity index (χ1) is 13.1. The zero-order valence-electron chi connectivity index (χ0n) is 15.0. The number of halogens is 2. The number of amides is 2. The van der Waals surface area contributed by atoms with Crippen LogP contribution in [0, 0.1) is 5.82 Å². The molecule has 2 N–H and O–H groups in total. The Kier molecular flexibility index (Phi) is 6.98. The summed E-state index contributed by atoms with van der Waals surface area (Å²) in [7, 11) is -2.95. The SMILES string of the molecule is COc1ccc(C(CC(=O)NS(=O)(=O)c2ccc(Cl)cc2F)NC(C)=O)cc1. The van der Waals surface area contributed by atoms with E-state index < -0.39 is 38.6 Å². The summed E-state index contributed by atoms with van der Waals surface area (Å²) < 4.78 is 45.3. The lowest BCUT2D eigenvalue weighted by Crippen LogP contribution is -2.35. The summed E-state index contributed by atoms with van der Waals surface area (Å²) in [5.41, 5.74) is 0.571. The second-order valence-corrected chi connectivity index (χ2v) is 7.92. The van der Waals surface area contributed by atoms with E-state index >= 15 is 0 Å². The summed E-state index contributed by atoms with van der Waals surface area (Å²) in [4.78, 5) is 23.0. The number of nitrogens with one attached hydrogen (secondary N) is 2. The van der Waals surface area contributed by atoms with Crippen molar-refractivity contribution in [2.24, 2.45) is 0 Å². The molecule has 0 fully saturated rings. The number of sulfonamides is 1. The lowest BCUT2D eigenvalue weighted by atomic mass is 10.0. The molecule has 0 aromatic heterocycles. The van der Waals surface area contributed by atoms with Gasteiger partial charge in [0.1, 0.15) is 16.5 Å². The normalized spacial score (nSPS) is 12.1. The van der Waals surface area contributed by atoms with Crippen molar-refractivity contribution in [3.8, 4) is 5.75 Å². The van der Waals surface area contributed by atoms with Crippen LogP contribution in [0.5, 0.6) is 5.75 Å². The number of benzene rings is 2. The largest absolute Gasteiger partial charge is 0.497 e. The van der Waals surface area contributed by atoms with Gasteiger partial charge in [-0.2, -0.15) is 0 Å². The molecule has 2 rings (SSSR count). The Bertz CT molecular complexity index is 980. The summed E-state index contributed by atoms with van der Waals surface area (Å²) in [5.74, 6) is -1.82. The molecule has 1 unspecified atom stereocenters. The fourth-order valence-electron chi connectivity index (χ4n) is 2.46. The Labute approximate surface area is 166 Å². The average Bonchev–Trinajstić information content (AvgIpc) is 2.60. The summed E-state index contributed by atoms with van der Waals surface area (Å²) >= 11 is 5.61. The van der Waals surface area contributed by atoms with Gasteiger partial charge in [-0.3, -0.25) is 9.59 Å². The predicted molar refractivity (Wildman–Crippen MR) is 101 cm³/mol. The molecule has 7 nitrogen and oxygen atoms in total. The maximum Gasteiger partial charge on any atom is 0.266 e. The van der Waals surface area contributed by atoms with E-state index in [4.69, 9.17) is 16.3 Å². The average molecular weight is 429 g/mol. The van der Waals surface area contributed by atoms with Crippen LogP contribution in [0.4, 0.5) is 4.39 Å². The van der Waals surface area contributed by atoms with Gasteiger partial charge in [-0.1, -0.05) is 23.7 Å². The molecule has 0 saturated carbocycles. The molecule has 2 amide bonds. The Morgan fingerprint density at radius 2 is 1.82 bits per heavy atom. The third-order valence-corrected chi connectivity index (χ3v) is 5.36. The van der Waals surface area contributed by atoms with Crippen molar-refractivity contribution in [3.05, 3.63) is 58.9 Å². The topological polar surface area (TPSA) is 102 Å². The van der Waals surface area contributed by atoms with Crippen LogP contribution in [0.15, 0.2) is 47.4 Å². The third kappa shape index (κ3) is 5.67. The van der Waals surface area contributed by atoms with Gasteiger partial charge < -0.3 is 10.1 Å². The van der Waals surface area contributed by atoms with Crippen molar-refractivity contribution >= 4 is 33.4 Å². The molecule has 0 bridgehead atoms. The Balaban J connectivity index is 2.19. The molecule has 0 radical (unpaired) electrons. The molecule has 1 atom stereocenters. The number of methoxy groups -OCH3 is 1. The molecule has 0 saturated heterocycles. The van der Waals surface area contributed by atoms with Crippen molar-refractivity contribution in [1.29, 1.82) is 0 Å². The summed E-state index contributed by atoms with van der Waals surface area (Å²) in [5, 5.41) is 2.60. The van der Waals surface area contributed by atoms with Crippen LogP contribution in [0.2, 0.25) is 5.02 Å². The van der Waals surface area contributed by atoms with Crippen LogP contribution in [0.3, 0.4) is 0 Å². The fourth-order valence-corrected chi connectivity index (χ4v) is 3.67. The number of ether oxygens (including phenoxy) is 1. The van der Waals surface area contributed by atoms with E-state index in [0.29, 0.717) is 11.3 Å². The van der Waals surface area contributed by atoms with Gasteiger partial charge in [0.2, 0.25) is 11.8 Å². The van der Waals surface area contributed by atoms with E-state index in [-0.39, 0.29) is 11.4 Å². The van der Waals surface area contributed by atoms with Crippen LogP contribution >= 0.6 is 11.6 Å². The Hall–Kier alpha value is -2.65. The first-order valence-corrected chi connectivity index (χ1v) is 9.90. The van der Waals surface area contributed by atoms with Crippen LogP contribution < -0.4 is 14.8 Å².